The van der Waals surface area contributed by atoms with Crippen LogP contribution in [0.3, 0.4) is 0 Å². The Morgan fingerprint density at radius 3 is 2.22 bits per heavy atom. The lowest BCUT2D eigenvalue weighted by atomic mass is 10.2. The average molecular weight is 172 g/mol. The van der Waals surface area contributed by atoms with Crippen molar-refractivity contribution in [1.82, 2.24) is 0 Å². The van der Waals surface area contributed by atoms with Crippen LogP contribution in [0.1, 0.15) is 13.3 Å². The van der Waals surface area contributed by atoms with Crippen LogP contribution in [-0.4, -0.2) is 22.1 Å². The zero-order valence-corrected chi connectivity index (χ0v) is 6.78. The smallest absolute Gasteiger partial charge is 0.118 e. The molecule has 0 aliphatic heterocycles. The molecule has 0 aliphatic rings. The molecule has 0 saturated heterocycles. The first-order valence-electron chi connectivity index (χ1n) is 2.71. The zero-order valence-electron chi connectivity index (χ0n) is 5.27. The maximum Gasteiger partial charge on any atom is 0.118 e. The van der Waals surface area contributed by atoms with E-state index in [0.717, 1.165) is 0 Å². The Hall–Kier alpha value is 0.500. The summed E-state index contributed by atoms with van der Waals surface area (Å²) in [6.07, 6.45) is -0.280. The molecule has 0 spiro atoms. The second-order valence-electron chi connectivity index (χ2n) is 2.16. The quantitative estimate of drug-likeness (QED) is 0.621. The number of hydrogen-bond acceptors (Lipinski definition) is 2. The summed E-state index contributed by atoms with van der Waals surface area (Å²) in [6.45, 7) is 1.82. The first kappa shape index (κ1) is 9.50. The van der Waals surface area contributed by atoms with Gasteiger partial charge in [-0.05, 0) is 6.92 Å². The molecule has 0 heterocycles. The lowest BCUT2D eigenvalue weighted by Gasteiger charge is -2.15. The van der Waals surface area contributed by atoms with Gasteiger partial charge >= 0.3 is 0 Å². The Morgan fingerprint density at radius 1 is 1.67 bits per heavy atom. The van der Waals surface area contributed by atoms with Crippen LogP contribution >= 0.6 is 23.2 Å². The summed E-state index contributed by atoms with van der Waals surface area (Å²) in [7, 11) is 0. The lowest BCUT2D eigenvalue weighted by Crippen LogP contribution is -2.25. The summed E-state index contributed by atoms with van der Waals surface area (Å²) in [5.74, 6) is 0. The molecule has 4 heteroatoms. The Kier molecular flexibility index (Phi) is 3.82. The van der Waals surface area contributed by atoms with Gasteiger partial charge in [-0.3, -0.25) is 0 Å². The van der Waals surface area contributed by atoms with Crippen molar-refractivity contribution in [1.29, 1.82) is 0 Å². The van der Waals surface area contributed by atoms with Gasteiger partial charge in [0.15, 0.2) is 0 Å². The Balaban J connectivity index is 3.47. The van der Waals surface area contributed by atoms with Gasteiger partial charge in [0, 0.05) is 13.0 Å². The van der Waals surface area contributed by atoms with E-state index in [0.29, 0.717) is 6.42 Å². The van der Waals surface area contributed by atoms with Crippen molar-refractivity contribution in [2.75, 3.05) is 6.54 Å². The van der Waals surface area contributed by atoms with Gasteiger partial charge in [-0.2, -0.15) is 0 Å². The highest BCUT2D eigenvalue weighted by Crippen LogP contribution is 2.25. The van der Waals surface area contributed by atoms with Gasteiger partial charge in [0.05, 0.1) is 6.10 Å². The van der Waals surface area contributed by atoms with Gasteiger partial charge in [-0.1, -0.05) is 0 Å². The van der Waals surface area contributed by atoms with Gasteiger partial charge in [0.2, 0.25) is 0 Å². The van der Waals surface area contributed by atoms with Crippen LogP contribution in [0.25, 0.3) is 0 Å². The molecule has 0 rings (SSSR count). The summed E-state index contributed by atoms with van der Waals surface area (Å²) >= 11 is 11.1. The zero-order chi connectivity index (χ0) is 7.49. The van der Waals surface area contributed by atoms with Crippen molar-refractivity contribution in [2.24, 2.45) is 5.73 Å². The molecule has 0 aromatic rings. The summed E-state index contributed by atoms with van der Waals surface area (Å²) in [4.78, 5) is 0. The first-order valence-corrected chi connectivity index (χ1v) is 3.47. The van der Waals surface area contributed by atoms with E-state index < -0.39 is 10.4 Å². The second-order valence-corrected chi connectivity index (χ2v) is 4.03. The van der Waals surface area contributed by atoms with Crippen LogP contribution in [0, 0.1) is 0 Å². The fourth-order valence-corrected chi connectivity index (χ4v) is 0.853. The van der Waals surface area contributed by atoms with Gasteiger partial charge in [0.1, 0.15) is 4.33 Å². The Bertz CT molecular complexity index is 81.5. The van der Waals surface area contributed by atoms with Crippen LogP contribution in [-0.2, 0) is 0 Å². The Morgan fingerprint density at radius 2 is 2.11 bits per heavy atom. The minimum absolute atomic E-state index is 0.203. The van der Waals surface area contributed by atoms with E-state index >= 15 is 0 Å². The van der Waals surface area contributed by atoms with Crippen molar-refractivity contribution in [3.05, 3.63) is 0 Å². The van der Waals surface area contributed by atoms with Crippen LogP contribution in [0.2, 0.25) is 0 Å². The second kappa shape index (κ2) is 3.62. The molecule has 0 radical (unpaired) electrons. The molecule has 0 saturated carbocycles. The minimum Gasteiger partial charge on any atom is -0.392 e. The molecule has 3 N–H and O–H groups in total. The molecule has 2 nitrogen and oxygen atoms in total. The molecule has 0 fully saturated rings. The molecule has 1 unspecified atom stereocenters. The standard InChI is InChI=1S/C5H11Cl2NO/c1-5(6,7)2-4(9)3-8/h4,9H,2-3,8H2,1H3. The predicted molar refractivity (Wildman–Crippen MR) is 39.8 cm³/mol. The van der Waals surface area contributed by atoms with Gasteiger partial charge < -0.3 is 10.8 Å². The molecule has 0 bridgehead atoms. The monoisotopic (exact) mass is 171 g/mol. The number of aliphatic hydroxyl groups excluding tert-OH is 1. The third-order valence-corrected chi connectivity index (χ3v) is 1.17. The largest absolute Gasteiger partial charge is 0.392 e. The molecule has 1 atom stereocenters. The number of hydrogen-bond donors (Lipinski definition) is 2. The summed E-state index contributed by atoms with van der Waals surface area (Å²) < 4.78 is -0.862. The third-order valence-electron chi connectivity index (χ3n) is 0.866. The van der Waals surface area contributed by atoms with Gasteiger partial charge in [0.25, 0.3) is 0 Å². The third kappa shape index (κ3) is 6.38. The molecular weight excluding hydrogens is 161 g/mol. The highest BCUT2D eigenvalue weighted by molar-refractivity contribution is 6.48. The highest BCUT2D eigenvalue weighted by atomic mass is 35.5. The number of alkyl halides is 2. The topological polar surface area (TPSA) is 46.2 Å². The molecule has 0 aliphatic carbocycles. The first-order chi connectivity index (χ1) is 3.95. The summed E-state index contributed by atoms with van der Waals surface area (Å²) in [5, 5.41) is 8.90. The van der Waals surface area contributed by atoms with E-state index in [2.05, 4.69) is 0 Å². The maximum absolute atomic E-state index is 8.90. The molecule has 9 heavy (non-hydrogen) atoms. The van der Waals surface area contributed by atoms with E-state index in [9.17, 15) is 0 Å². The van der Waals surface area contributed by atoms with Crippen molar-refractivity contribution >= 4 is 23.2 Å². The fraction of sp³-hybridized carbons (Fsp3) is 1.00. The minimum atomic E-state index is -0.862. The molecular formula is C5H11Cl2NO. The van der Waals surface area contributed by atoms with E-state index in [1.54, 1.807) is 6.92 Å². The van der Waals surface area contributed by atoms with Crippen molar-refractivity contribution < 1.29 is 5.11 Å². The Labute approximate surface area is 64.9 Å². The summed E-state index contributed by atoms with van der Waals surface area (Å²) in [6, 6.07) is 0. The summed E-state index contributed by atoms with van der Waals surface area (Å²) in [5.41, 5.74) is 5.11. The number of nitrogens with two attached hydrogens (primary N) is 1. The van der Waals surface area contributed by atoms with E-state index in [4.69, 9.17) is 34.0 Å². The van der Waals surface area contributed by atoms with Crippen molar-refractivity contribution in [2.45, 2.75) is 23.8 Å². The maximum atomic E-state index is 8.90. The van der Waals surface area contributed by atoms with Gasteiger partial charge in [-0.25, -0.2) is 0 Å². The predicted octanol–water partition coefficient (Wildman–Crippen LogP) is 0.890. The average Bonchev–Trinajstić information content (AvgIpc) is 1.62. The lowest BCUT2D eigenvalue weighted by molar-refractivity contribution is 0.169. The van der Waals surface area contributed by atoms with Crippen LogP contribution in [0.5, 0.6) is 0 Å². The number of halogens is 2. The molecule has 0 aromatic heterocycles. The van der Waals surface area contributed by atoms with Gasteiger partial charge in [-0.15, -0.1) is 23.2 Å². The number of rotatable bonds is 3. The SMILES string of the molecule is CC(Cl)(Cl)CC(O)CN. The van der Waals surface area contributed by atoms with E-state index in [1.165, 1.54) is 0 Å². The van der Waals surface area contributed by atoms with Crippen molar-refractivity contribution in [3.63, 3.8) is 0 Å². The molecule has 0 aromatic carbocycles. The van der Waals surface area contributed by atoms with Crippen LogP contribution < -0.4 is 5.73 Å². The fourth-order valence-electron chi connectivity index (χ4n) is 0.497. The van der Waals surface area contributed by atoms with E-state index in [1.807, 2.05) is 0 Å². The molecule has 56 valence electrons. The van der Waals surface area contributed by atoms with Crippen LogP contribution in [0.4, 0.5) is 0 Å². The molecule has 0 amide bonds. The van der Waals surface area contributed by atoms with Crippen molar-refractivity contribution in [3.8, 4) is 0 Å². The highest BCUT2D eigenvalue weighted by Gasteiger charge is 2.20. The van der Waals surface area contributed by atoms with E-state index in [-0.39, 0.29) is 6.54 Å². The number of aliphatic hydroxyl groups is 1. The normalized spacial score (nSPS) is 15.7. The van der Waals surface area contributed by atoms with Crippen LogP contribution in [0.15, 0.2) is 0 Å².